The van der Waals surface area contributed by atoms with Crippen molar-refractivity contribution in [1.29, 1.82) is 0 Å². The van der Waals surface area contributed by atoms with Crippen LogP contribution >= 0.6 is 0 Å². The number of hydrogen-bond acceptors (Lipinski definition) is 2. The molecule has 0 amide bonds. The van der Waals surface area contributed by atoms with Crippen LogP contribution in [0, 0.1) is 0 Å². The summed E-state index contributed by atoms with van der Waals surface area (Å²) in [5.74, 6) is 0. The fourth-order valence-electron chi connectivity index (χ4n) is 2.62. The molecule has 3 heterocycles. The molecule has 0 aliphatic carbocycles. The second-order valence-electron chi connectivity index (χ2n) is 4.72. The van der Waals surface area contributed by atoms with Crippen LogP contribution in [0.5, 0.6) is 0 Å². The zero-order valence-electron chi connectivity index (χ0n) is 9.61. The van der Waals surface area contributed by atoms with Gasteiger partial charge in [-0.1, -0.05) is 0 Å². The summed E-state index contributed by atoms with van der Waals surface area (Å²) in [6, 6.07) is 7.03. The molecule has 0 unspecified atom stereocenters. The second kappa shape index (κ2) is 3.91. The molecular formula is C13H17N3. The van der Waals surface area contributed by atoms with Crippen molar-refractivity contribution in [3.8, 4) is 0 Å². The molecule has 3 nitrogen and oxygen atoms in total. The predicted octanol–water partition coefficient (Wildman–Crippen LogP) is 2.20. The van der Waals surface area contributed by atoms with Gasteiger partial charge in [-0.15, -0.1) is 0 Å². The van der Waals surface area contributed by atoms with Crippen LogP contribution in [0.3, 0.4) is 0 Å². The number of aromatic amines is 1. The van der Waals surface area contributed by atoms with E-state index in [4.69, 9.17) is 0 Å². The molecular weight excluding hydrogens is 198 g/mol. The van der Waals surface area contributed by atoms with Crippen molar-refractivity contribution in [2.24, 2.45) is 0 Å². The number of likely N-dealkylation sites (N-methyl/N-ethyl adjacent to an activating group) is 1. The van der Waals surface area contributed by atoms with E-state index in [1.807, 2.05) is 12.3 Å². The minimum atomic E-state index is 0.702. The molecule has 1 atom stereocenters. The summed E-state index contributed by atoms with van der Waals surface area (Å²) in [6.45, 7) is 1.24. The maximum atomic E-state index is 4.33. The summed E-state index contributed by atoms with van der Waals surface area (Å²) in [5.41, 5.74) is 2.32. The zero-order valence-corrected chi connectivity index (χ0v) is 9.61. The first kappa shape index (κ1) is 9.85. The molecule has 1 aliphatic rings. The lowest BCUT2D eigenvalue weighted by molar-refractivity contribution is 0.308. The number of aromatic nitrogens is 2. The summed E-state index contributed by atoms with van der Waals surface area (Å²) in [6.07, 6.45) is 5.61. The maximum absolute atomic E-state index is 4.33. The van der Waals surface area contributed by atoms with E-state index >= 15 is 0 Å². The third-order valence-electron chi connectivity index (χ3n) is 3.57. The van der Waals surface area contributed by atoms with Crippen molar-refractivity contribution in [2.75, 3.05) is 13.6 Å². The molecule has 3 heteroatoms. The molecule has 0 bridgehead atoms. The Balaban J connectivity index is 1.83. The Bertz CT molecular complexity index is 456. The smallest absolute Gasteiger partial charge is 0.137 e. The molecule has 0 spiro atoms. The lowest BCUT2D eigenvalue weighted by Crippen LogP contribution is -2.26. The highest BCUT2D eigenvalue weighted by Gasteiger charge is 2.21. The molecule has 0 saturated carbocycles. The number of H-pyrrole nitrogens is 1. The average molecular weight is 215 g/mol. The molecule has 1 aliphatic heterocycles. The minimum absolute atomic E-state index is 0.702. The number of likely N-dealkylation sites (tertiary alicyclic amines) is 1. The normalized spacial score (nSPS) is 21.9. The minimum Gasteiger partial charge on any atom is -0.343 e. The van der Waals surface area contributed by atoms with Crippen LogP contribution in [0.1, 0.15) is 18.5 Å². The van der Waals surface area contributed by atoms with Gasteiger partial charge >= 0.3 is 0 Å². The zero-order chi connectivity index (χ0) is 11.0. The van der Waals surface area contributed by atoms with Crippen LogP contribution in [-0.2, 0) is 6.42 Å². The summed E-state index contributed by atoms with van der Waals surface area (Å²) in [4.78, 5) is 10.2. The molecule has 2 aromatic rings. The highest BCUT2D eigenvalue weighted by Crippen LogP contribution is 2.20. The molecule has 2 aromatic heterocycles. The number of pyridine rings is 1. The van der Waals surface area contributed by atoms with E-state index in [1.165, 1.54) is 30.5 Å². The third-order valence-corrected chi connectivity index (χ3v) is 3.57. The van der Waals surface area contributed by atoms with E-state index < -0.39 is 0 Å². The van der Waals surface area contributed by atoms with Gasteiger partial charge in [0.1, 0.15) is 5.65 Å². The second-order valence-corrected chi connectivity index (χ2v) is 4.72. The van der Waals surface area contributed by atoms with Crippen LogP contribution in [-0.4, -0.2) is 34.5 Å². The van der Waals surface area contributed by atoms with Crippen molar-refractivity contribution in [3.05, 3.63) is 30.1 Å². The van der Waals surface area contributed by atoms with Gasteiger partial charge in [0, 0.05) is 29.7 Å². The van der Waals surface area contributed by atoms with Gasteiger partial charge in [-0.25, -0.2) is 4.98 Å². The number of rotatable bonds is 2. The van der Waals surface area contributed by atoms with E-state index in [1.54, 1.807) is 0 Å². The summed E-state index contributed by atoms with van der Waals surface area (Å²) >= 11 is 0. The van der Waals surface area contributed by atoms with Gasteiger partial charge in [0.05, 0.1) is 0 Å². The van der Waals surface area contributed by atoms with Gasteiger partial charge in [-0.3, -0.25) is 0 Å². The number of nitrogens with one attached hydrogen (secondary N) is 1. The lowest BCUT2D eigenvalue weighted by Gasteiger charge is -2.18. The monoisotopic (exact) mass is 215 g/mol. The van der Waals surface area contributed by atoms with Crippen LogP contribution in [0.15, 0.2) is 24.4 Å². The molecule has 84 valence electrons. The molecule has 1 fully saturated rings. The topological polar surface area (TPSA) is 31.9 Å². The molecule has 1 saturated heterocycles. The molecule has 3 rings (SSSR count). The first-order valence-corrected chi connectivity index (χ1v) is 5.96. The highest BCUT2D eigenvalue weighted by molar-refractivity contribution is 5.76. The van der Waals surface area contributed by atoms with Gasteiger partial charge in [0.15, 0.2) is 0 Å². The average Bonchev–Trinajstić information content (AvgIpc) is 2.85. The van der Waals surface area contributed by atoms with Gasteiger partial charge in [-0.05, 0) is 44.6 Å². The quantitative estimate of drug-likeness (QED) is 0.832. The van der Waals surface area contributed by atoms with Crippen molar-refractivity contribution >= 4 is 11.0 Å². The van der Waals surface area contributed by atoms with Gasteiger partial charge in [-0.2, -0.15) is 0 Å². The molecule has 0 aromatic carbocycles. The van der Waals surface area contributed by atoms with Gasteiger partial charge in [0.2, 0.25) is 0 Å². The fourth-order valence-corrected chi connectivity index (χ4v) is 2.62. The van der Waals surface area contributed by atoms with Crippen LogP contribution < -0.4 is 0 Å². The van der Waals surface area contributed by atoms with Crippen LogP contribution in [0.25, 0.3) is 11.0 Å². The number of nitrogens with zero attached hydrogens (tertiary/aromatic N) is 2. The summed E-state index contributed by atoms with van der Waals surface area (Å²) in [5, 5.41) is 1.22. The Morgan fingerprint density at radius 3 is 3.25 bits per heavy atom. The number of hydrogen-bond donors (Lipinski definition) is 1. The van der Waals surface area contributed by atoms with Crippen LogP contribution in [0.2, 0.25) is 0 Å². The highest BCUT2D eigenvalue weighted by atomic mass is 15.1. The Morgan fingerprint density at radius 1 is 1.56 bits per heavy atom. The molecule has 0 radical (unpaired) electrons. The Kier molecular flexibility index (Phi) is 2.40. The van der Waals surface area contributed by atoms with Crippen molar-refractivity contribution in [2.45, 2.75) is 25.3 Å². The maximum Gasteiger partial charge on any atom is 0.137 e. The van der Waals surface area contributed by atoms with E-state index in [0.717, 1.165) is 12.1 Å². The first-order chi connectivity index (χ1) is 7.83. The Labute approximate surface area is 95.5 Å². The fraction of sp³-hybridized carbons (Fsp3) is 0.462. The lowest BCUT2D eigenvalue weighted by atomic mass is 10.1. The Hall–Kier alpha value is -1.35. The van der Waals surface area contributed by atoms with E-state index in [9.17, 15) is 0 Å². The van der Waals surface area contributed by atoms with Gasteiger partial charge < -0.3 is 9.88 Å². The van der Waals surface area contributed by atoms with Gasteiger partial charge in [0.25, 0.3) is 0 Å². The largest absolute Gasteiger partial charge is 0.343 e. The van der Waals surface area contributed by atoms with Crippen LogP contribution in [0.4, 0.5) is 0 Å². The van der Waals surface area contributed by atoms with Crippen molar-refractivity contribution in [1.82, 2.24) is 14.9 Å². The van der Waals surface area contributed by atoms with E-state index in [-0.39, 0.29) is 0 Å². The Morgan fingerprint density at radius 2 is 2.50 bits per heavy atom. The summed E-state index contributed by atoms with van der Waals surface area (Å²) < 4.78 is 0. The predicted molar refractivity (Wildman–Crippen MR) is 65.4 cm³/mol. The molecule has 16 heavy (non-hydrogen) atoms. The van der Waals surface area contributed by atoms with Crippen molar-refractivity contribution in [3.63, 3.8) is 0 Å². The third kappa shape index (κ3) is 1.71. The SMILES string of the molecule is CN1CCC[C@H]1Cc1cc2cccnc2[nH]1. The first-order valence-electron chi connectivity index (χ1n) is 5.96. The number of fused-ring (bicyclic) bond motifs is 1. The van der Waals surface area contributed by atoms with E-state index in [0.29, 0.717) is 6.04 Å². The standard InChI is InChI=1S/C13H17N3/c1-16-7-3-5-12(16)9-11-8-10-4-2-6-14-13(10)15-11/h2,4,6,8,12H,3,5,7,9H2,1H3,(H,14,15)/t12-/m0/s1. The summed E-state index contributed by atoms with van der Waals surface area (Å²) in [7, 11) is 2.22. The van der Waals surface area contributed by atoms with Crippen molar-refractivity contribution < 1.29 is 0 Å². The van der Waals surface area contributed by atoms with E-state index in [2.05, 4.69) is 34.0 Å². The molecule has 1 N–H and O–H groups in total.